The minimum atomic E-state index is -0.322. The molecule has 0 radical (unpaired) electrons. The number of nitrogens with zero attached hydrogens (tertiary/aromatic N) is 3. The van der Waals surface area contributed by atoms with Crippen LogP contribution in [0.5, 0.6) is 0 Å². The van der Waals surface area contributed by atoms with Gasteiger partial charge in [0.2, 0.25) is 5.28 Å². The van der Waals surface area contributed by atoms with Gasteiger partial charge in [0, 0.05) is 25.1 Å². The number of halogens is 2. The Morgan fingerprint density at radius 1 is 1.40 bits per heavy atom. The predicted molar refractivity (Wildman–Crippen MR) is 59.4 cm³/mol. The van der Waals surface area contributed by atoms with Gasteiger partial charge < -0.3 is 10.0 Å². The third-order valence-corrected chi connectivity index (χ3v) is 2.91. The second kappa shape index (κ2) is 4.12. The van der Waals surface area contributed by atoms with Crippen LogP contribution in [0.2, 0.25) is 10.4 Å². The van der Waals surface area contributed by atoms with Gasteiger partial charge in [-0.15, -0.1) is 0 Å². The Morgan fingerprint density at radius 2 is 2.13 bits per heavy atom. The number of anilines is 1. The van der Waals surface area contributed by atoms with E-state index in [2.05, 4.69) is 9.97 Å². The lowest BCUT2D eigenvalue weighted by atomic mass is 10.1. The molecule has 6 heteroatoms. The van der Waals surface area contributed by atoms with Crippen LogP contribution in [-0.2, 0) is 0 Å². The Morgan fingerprint density at radius 3 is 2.67 bits per heavy atom. The molecule has 1 fully saturated rings. The fourth-order valence-electron chi connectivity index (χ4n) is 1.68. The molecule has 15 heavy (non-hydrogen) atoms. The van der Waals surface area contributed by atoms with Crippen LogP contribution >= 0.6 is 23.2 Å². The fraction of sp³-hybridized carbons (Fsp3) is 0.556. The number of hydrogen-bond donors (Lipinski definition) is 1. The molecule has 2 rings (SSSR count). The first kappa shape index (κ1) is 10.9. The Labute approximate surface area is 97.9 Å². The van der Waals surface area contributed by atoms with E-state index in [1.807, 2.05) is 11.8 Å². The summed E-state index contributed by atoms with van der Waals surface area (Å²) in [4.78, 5) is 9.80. The quantitative estimate of drug-likeness (QED) is 0.605. The SMILES string of the molecule is CC1CN(c2cc(Cl)nc(Cl)n2)CC1O. The molecular formula is C9H11Cl2N3O. The van der Waals surface area contributed by atoms with Gasteiger partial charge in [0.05, 0.1) is 6.10 Å². The van der Waals surface area contributed by atoms with Gasteiger partial charge in [-0.05, 0) is 11.6 Å². The first-order valence-corrected chi connectivity index (χ1v) is 5.45. The van der Waals surface area contributed by atoms with E-state index in [4.69, 9.17) is 23.2 Å². The molecule has 2 atom stereocenters. The first-order chi connectivity index (χ1) is 7.06. The van der Waals surface area contributed by atoms with Crippen molar-refractivity contribution in [2.45, 2.75) is 13.0 Å². The molecule has 1 aliphatic heterocycles. The molecule has 0 aromatic carbocycles. The highest BCUT2D eigenvalue weighted by Crippen LogP contribution is 2.24. The summed E-state index contributed by atoms with van der Waals surface area (Å²) < 4.78 is 0. The highest BCUT2D eigenvalue weighted by atomic mass is 35.5. The Kier molecular flexibility index (Phi) is 3.00. The summed E-state index contributed by atoms with van der Waals surface area (Å²) in [6.45, 7) is 3.31. The maximum Gasteiger partial charge on any atom is 0.225 e. The van der Waals surface area contributed by atoms with Gasteiger partial charge in [-0.3, -0.25) is 0 Å². The van der Waals surface area contributed by atoms with Crippen molar-refractivity contribution in [1.29, 1.82) is 0 Å². The highest BCUT2D eigenvalue weighted by Gasteiger charge is 2.28. The molecular weight excluding hydrogens is 237 g/mol. The largest absolute Gasteiger partial charge is 0.391 e. The van der Waals surface area contributed by atoms with Crippen molar-refractivity contribution in [3.63, 3.8) is 0 Å². The smallest absolute Gasteiger partial charge is 0.225 e. The fourth-order valence-corrected chi connectivity index (χ4v) is 2.08. The van der Waals surface area contributed by atoms with Crippen molar-refractivity contribution < 1.29 is 5.11 Å². The molecule has 1 aliphatic rings. The van der Waals surface area contributed by atoms with Crippen LogP contribution in [0.15, 0.2) is 6.07 Å². The van der Waals surface area contributed by atoms with Gasteiger partial charge in [0.25, 0.3) is 0 Å². The number of β-amino-alcohol motifs (C(OH)–C–C–N with tert-alkyl or cyclic N) is 1. The normalized spacial score (nSPS) is 26.0. The molecule has 0 saturated carbocycles. The molecule has 1 aromatic heterocycles. The monoisotopic (exact) mass is 247 g/mol. The van der Waals surface area contributed by atoms with E-state index < -0.39 is 0 Å². The van der Waals surface area contributed by atoms with E-state index in [-0.39, 0.29) is 17.3 Å². The van der Waals surface area contributed by atoms with E-state index in [1.165, 1.54) is 0 Å². The molecule has 82 valence electrons. The average Bonchev–Trinajstić information content (AvgIpc) is 2.45. The average molecular weight is 248 g/mol. The third-order valence-electron chi connectivity index (χ3n) is 2.55. The van der Waals surface area contributed by atoms with Crippen LogP contribution in [0.4, 0.5) is 5.82 Å². The molecule has 0 spiro atoms. The second-order valence-corrected chi connectivity index (χ2v) is 4.49. The van der Waals surface area contributed by atoms with Crippen molar-refractivity contribution in [1.82, 2.24) is 9.97 Å². The summed E-state index contributed by atoms with van der Waals surface area (Å²) in [5, 5.41) is 10.1. The minimum Gasteiger partial charge on any atom is -0.391 e. The number of aliphatic hydroxyl groups excluding tert-OH is 1. The van der Waals surface area contributed by atoms with Crippen LogP contribution in [0.3, 0.4) is 0 Å². The Hall–Kier alpha value is -0.580. The first-order valence-electron chi connectivity index (χ1n) is 4.69. The second-order valence-electron chi connectivity index (χ2n) is 3.77. The lowest BCUT2D eigenvalue weighted by molar-refractivity contribution is 0.157. The van der Waals surface area contributed by atoms with Crippen LogP contribution in [0.25, 0.3) is 0 Å². The lowest BCUT2D eigenvalue weighted by Crippen LogP contribution is -2.22. The molecule has 1 N–H and O–H groups in total. The van der Waals surface area contributed by atoms with E-state index in [1.54, 1.807) is 6.07 Å². The van der Waals surface area contributed by atoms with Gasteiger partial charge in [-0.1, -0.05) is 18.5 Å². The molecule has 1 saturated heterocycles. The van der Waals surface area contributed by atoms with Crippen molar-refractivity contribution in [2.24, 2.45) is 5.92 Å². The van der Waals surface area contributed by atoms with Crippen molar-refractivity contribution >= 4 is 29.0 Å². The molecule has 1 aromatic rings. The summed E-state index contributed by atoms with van der Waals surface area (Å²) in [5.74, 6) is 0.904. The molecule has 4 nitrogen and oxygen atoms in total. The third kappa shape index (κ3) is 2.33. The standard InChI is InChI=1S/C9H11Cl2N3O/c1-5-3-14(4-6(5)15)8-2-7(10)12-9(11)13-8/h2,5-6,15H,3-4H2,1H3. The predicted octanol–water partition coefficient (Wildman–Crippen LogP) is 1.60. The zero-order valence-corrected chi connectivity index (χ0v) is 9.70. The number of rotatable bonds is 1. The maximum atomic E-state index is 9.62. The zero-order chi connectivity index (χ0) is 11.0. The Bertz CT molecular complexity index is 344. The van der Waals surface area contributed by atoms with Gasteiger partial charge in [-0.2, -0.15) is 0 Å². The number of hydrogen-bond acceptors (Lipinski definition) is 4. The number of aromatic nitrogens is 2. The van der Waals surface area contributed by atoms with Crippen LogP contribution < -0.4 is 4.90 Å². The summed E-state index contributed by atoms with van der Waals surface area (Å²) in [7, 11) is 0. The van der Waals surface area contributed by atoms with Gasteiger partial charge in [0.1, 0.15) is 11.0 Å². The summed E-state index contributed by atoms with van der Waals surface area (Å²) >= 11 is 11.5. The van der Waals surface area contributed by atoms with Crippen LogP contribution in [-0.4, -0.2) is 34.3 Å². The van der Waals surface area contributed by atoms with Crippen LogP contribution in [0, 0.1) is 5.92 Å². The zero-order valence-electron chi connectivity index (χ0n) is 8.19. The van der Waals surface area contributed by atoms with E-state index in [0.29, 0.717) is 17.5 Å². The molecule has 0 bridgehead atoms. The van der Waals surface area contributed by atoms with Crippen molar-refractivity contribution in [3.05, 3.63) is 16.5 Å². The van der Waals surface area contributed by atoms with Crippen molar-refractivity contribution in [2.75, 3.05) is 18.0 Å². The maximum absolute atomic E-state index is 9.62. The topological polar surface area (TPSA) is 49.2 Å². The minimum absolute atomic E-state index is 0.131. The van der Waals surface area contributed by atoms with Crippen LogP contribution in [0.1, 0.15) is 6.92 Å². The van der Waals surface area contributed by atoms with E-state index in [9.17, 15) is 5.11 Å². The molecule has 0 aliphatic carbocycles. The molecule has 2 heterocycles. The van der Waals surface area contributed by atoms with Gasteiger partial charge in [-0.25, -0.2) is 9.97 Å². The lowest BCUT2D eigenvalue weighted by Gasteiger charge is -2.16. The molecule has 2 unspecified atom stereocenters. The molecule has 0 amide bonds. The highest BCUT2D eigenvalue weighted by molar-refractivity contribution is 6.32. The van der Waals surface area contributed by atoms with Crippen molar-refractivity contribution in [3.8, 4) is 0 Å². The van der Waals surface area contributed by atoms with Gasteiger partial charge >= 0.3 is 0 Å². The summed E-state index contributed by atoms with van der Waals surface area (Å²) in [5.41, 5.74) is 0. The summed E-state index contributed by atoms with van der Waals surface area (Å²) in [6.07, 6.45) is -0.322. The number of aliphatic hydroxyl groups is 1. The van der Waals surface area contributed by atoms with E-state index >= 15 is 0 Å². The summed E-state index contributed by atoms with van der Waals surface area (Å²) in [6, 6.07) is 1.65. The van der Waals surface area contributed by atoms with E-state index in [0.717, 1.165) is 6.54 Å². The van der Waals surface area contributed by atoms with Gasteiger partial charge in [0.15, 0.2) is 0 Å². The Balaban J connectivity index is 2.23.